The van der Waals surface area contributed by atoms with E-state index in [2.05, 4.69) is 16.3 Å². The van der Waals surface area contributed by atoms with Crippen molar-refractivity contribution in [2.75, 3.05) is 7.11 Å². The molecule has 124 valence electrons. The lowest BCUT2D eigenvalue weighted by Crippen LogP contribution is -2.19. The molecule has 0 N–H and O–H groups in total. The molecule has 0 fully saturated rings. The zero-order valence-electron chi connectivity index (χ0n) is 13.7. The van der Waals surface area contributed by atoms with Crippen LogP contribution < -0.4 is 0 Å². The smallest absolute Gasteiger partial charge is 0.438 e. The predicted molar refractivity (Wildman–Crippen MR) is 95.4 cm³/mol. The van der Waals surface area contributed by atoms with Gasteiger partial charge in [0.2, 0.25) is 0 Å². The van der Waals surface area contributed by atoms with E-state index in [1.807, 2.05) is 60.8 Å². The van der Waals surface area contributed by atoms with Gasteiger partial charge in [0.15, 0.2) is 0 Å². The van der Waals surface area contributed by atoms with Crippen LogP contribution in [0.5, 0.6) is 0 Å². The Hall–Kier alpha value is -2.88. The third-order valence-corrected chi connectivity index (χ3v) is 3.50. The number of rotatable bonds is 7. The van der Waals surface area contributed by atoms with Crippen LogP contribution in [0.1, 0.15) is 16.7 Å². The molecule has 4 heteroatoms. The Morgan fingerprint density at radius 2 is 1.88 bits per heavy atom. The van der Waals surface area contributed by atoms with Crippen molar-refractivity contribution in [3.63, 3.8) is 0 Å². The fraction of sp³-hybridized carbons (Fsp3) is 0.200. The van der Waals surface area contributed by atoms with Gasteiger partial charge < -0.3 is 9.47 Å². The Kier molecular flexibility index (Phi) is 6.77. The first-order valence-electron chi connectivity index (χ1n) is 7.71. The molecule has 2 aromatic rings. The summed E-state index contributed by atoms with van der Waals surface area (Å²) in [4.78, 5) is 15.8. The lowest BCUT2D eigenvalue weighted by molar-refractivity contribution is 0.0527. The molecule has 0 saturated heterocycles. The van der Waals surface area contributed by atoms with Crippen molar-refractivity contribution in [3.8, 4) is 0 Å². The van der Waals surface area contributed by atoms with Gasteiger partial charge in [-0.2, -0.15) is 0 Å². The standard InChI is InChI=1S/C20H21NO3/c1-3-19(24-20(22)23-2)13-17-11-7-8-12-18(17)15-21-14-16-9-5-4-6-10-16/h3-12,15,19H,1,13-14H2,2H3. The lowest BCUT2D eigenvalue weighted by atomic mass is 10.0. The molecule has 0 aliphatic heterocycles. The van der Waals surface area contributed by atoms with Crippen LogP contribution in [0.25, 0.3) is 0 Å². The van der Waals surface area contributed by atoms with Crippen molar-refractivity contribution >= 4 is 12.4 Å². The molecule has 24 heavy (non-hydrogen) atoms. The SMILES string of the molecule is C=CC(Cc1ccccc1C=NCc1ccccc1)OC(=O)OC. The fourth-order valence-corrected chi connectivity index (χ4v) is 2.24. The number of hydrogen-bond donors (Lipinski definition) is 0. The predicted octanol–water partition coefficient (Wildman–Crippen LogP) is 4.19. The summed E-state index contributed by atoms with van der Waals surface area (Å²) in [5.74, 6) is 0. The molecule has 4 nitrogen and oxygen atoms in total. The van der Waals surface area contributed by atoms with E-state index in [0.29, 0.717) is 13.0 Å². The molecule has 0 spiro atoms. The monoisotopic (exact) mass is 323 g/mol. The maximum Gasteiger partial charge on any atom is 0.508 e. The maximum absolute atomic E-state index is 11.3. The summed E-state index contributed by atoms with van der Waals surface area (Å²) in [7, 11) is 1.28. The zero-order valence-corrected chi connectivity index (χ0v) is 13.7. The summed E-state index contributed by atoms with van der Waals surface area (Å²) in [5, 5.41) is 0. The van der Waals surface area contributed by atoms with Crippen LogP contribution in [0.3, 0.4) is 0 Å². The summed E-state index contributed by atoms with van der Waals surface area (Å²) in [5.41, 5.74) is 3.18. The second-order valence-electron chi connectivity index (χ2n) is 5.20. The number of ether oxygens (including phenoxy) is 2. The van der Waals surface area contributed by atoms with E-state index in [9.17, 15) is 4.79 Å². The summed E-state index contributed by atoms with van der Waals surface area (Å²) in [6.07, 6.45) is 2.80. The van der Waals surface area contributed by atoms with Gasteiger partial charge in [0, 0.05) is 12.6 Å². The summed E-state index contributed by atoms with van der Waals surface area (Å²) < 4.78 is 9.69. The molecule has 0 aliphatic carbocycles. The van der Waals surface area contributed by atoms with Gasteiger partial charge in [0.1, 0.15) is 6.10 Å². The van der Waals surface area contributed by atoms with Crippen molar-refractivity contribution in [1.82, 2.24) is 0 Å². The average molecular weight is 323 g/mol. The van der Waals surface area contributed by atoms with Crippen LogP contribution in [-0.2, 0) is 22.4 Å². The first-order valence-corrected chi connectivity index (χ1v) is 7.71. The van der Waals surface area contributed by atoms with Gasteiger partial charge in [-0.15, -0.1) is 0 Å². The number of nitrogens with zero attached hydrogens (tertiary/aromatic N) is 1. The molecular weight excluding hydrogens is 302 g/mol. The molecule has 0 saturated carbocycles. The molecule has 0 aliphatic rings. The normalized spacial score (nSPS) is 11.9. The van der Waals surface area contributed by atoms with Gasteiger partial charge in [0.05, 0.1) is 13.7 Å². The Labute approximate surface area is 142 Å². The second kappa shape index (κ2) is 9.30. The highest BCUT2D eigenvalue weighted by molar-refractivity contribution is 5.81. The van der Waals surface area contributed by atoms with Crippen molar-refractivity contribution in [2.24, 2.45) is 4.99 Å². The van der Waals surface area contributed by atoms with E-state index in [1.54, 1.807) is 6.08 Å². The number of methoxy groups -OCH3 is 1. The quantitative estimate of drug-likeness (QED) is 0.436. The number of carbonyl (C=O) groups is 1. The van der Waals surface area contributed by atoms with E-state index < -0.39 is 12.3 Å². The Balaban J connectivity index is 2.06. The topological polar surface area (TPSA) is 47.9 Å². The largest absolute Gasteiger partial charge is 0.508 e. The zero-order chi connectivity index (χ0) is 17.2. The Morgan fingerprint density at radius 3 is 2.58 bits per heavy atom. The number of carbonyl (C=O) groups excluding carboxylic acids is 1. The number of benzene rings is 2. The van der Waals surface area contributed by atoms with Crippen LogP contribution in [0.2, 0.25) is 0 Å². The molecule has 0 radical (unpaired) electrons. The number of hydrogen-bond acceptors (Lipinski definition) is 4. The second-order valence-corrected chi connectivity index (χ2v) is 5.20. The highest BCUT2D eigenvalue weighted by atomic mass is 16.7. The van der Waals surface area contributed by atoms with E-state index in [-0.39, 0.29) is 0 Å². The minimum absolute atomic E-state index is 0.443. The first-order chi connectivity index (χ1) is 11.7. The van der Waals surface area contributed by atoms with Gasteiger partial charge in [-0.25, -0.2) is 4.79 Å². The minimum Gasteiger partial charge on any atom is -0.438 e. The van der Waals surface area contributed by atoms with E-state index in [4.69, 9.17) is 4.74 Å². The van der Waals surface area contributed by atoms with Crippen LogP contribution in [0.4, 0.5) is 4.79 Å². The number of aliphatic imine (C=N–C) groups is 1. The van der Waals surface area contributed by atoms with Gasteiger partial charge in [-0.1, -0.05) is 67.3 Å². The molecule has 2 aromatic carbocycles. The Morgan fingerprint density at radius 1 is 1.17 bits per heavy atom. The highest BCUT2D eigenvalue weighted by Gasteiger charge is 2.13. The third-order valence-electron chi connectivity index (χ3n) is 3.50. The molecular formula is C20H21NO3. The third kappa shape index (κ3) is 5.39. The first kappa shape index (κ1) is 17.5. The molecule has 0 bridgehead atoms. The summed E-state index contributed by atoms with van der Waals surface area (Å²) >= 11 is 0. The van der Waals surface area contributed by atoms with Gasteiger partial charge in [-0.3, -0.25) is 4.99 Å². The molecule has 0 aromatic heterocycles. The van der Waals surface area contributed by atoms with E-state index in [0.717, 1.165) is 16.7 Å². The van der Waals surface area contributed by atoms with Crippen LogP contribution in [-0.4, -0.2) is 25.6 Å². The maximum atomic E-state index is 11.3. The molecule has 0 heterocycles. The molecule has 2 rings (SSSR count). The van der Waals surface area contributed by atoms with Crippen molar-refractivity contribution < 1.29 is 14.3 Å². The van der Waals surface area contributed by atoms with Gasteiger partial charge >= 0.3 is 6.16 Å². The van der Waals surface area contributed by atoms with Crippen molar-refractivity contribution in [3.05, 3.63) is 83.9 Å². The van der Waals surface area contributed by atoms with Gasteiger partial charge in [0.25, 0.3) is 0 Å². The fourth-order valence-electron chi connectivity index (χ4n) is 2.24. The van der Waals surface area contributed by atoms with E-state index >= 15 is 0 Å². The Bertz CT molecular complexity index is 695. The van der Waals surface area contributed by atoms with Crippen LogP contribution in [0.15, 0.2) is 72.2 Å². The van der Waals surface area contributed by atoms with Crippen LogP contribution >= 0.6 is 0 Å². The molecule has 1 unspecified atom stereocenters. The van der Waals surface area contributed by atoms with Crippen molar-refractivity contribution in [2.45, 2.75) is 19.1 Å². The van der Waals surface area contributed by atoms with Crippen molar-refractivity contribution in [1.29, 1.82) is 0 Å². The minimum atomic E-state index is -0.713. The lowest BCUT2D eigenvalue weighted by Gasteiger charge is -2.14. The highest BCUT2D eigenvalue weighted by Crippen LogP contribution is 2.13. The average Bonchev–Trinajstić information content (AvgIpc) is 2.63. The summed E-state index contributed by atoms with van der Waals surface area (Å²) in [6, 6.07) is 17.9. The summed E-state index contributed by atoms with van der Waals surface area (Å²) in [6.45, 7) is 4.33. The van der Waals surface area contributed by atoms with Gasteiger partial charge in [-0.05, 0) is 16.7 Å². The van der Waals surface area contributed by atoms with Crippen LogP contribution in [0, 0.1) is 0 Å². The molecule has 1 atom stereocenters. The molecule has 0 amide bonds. The van der Waals surface area contributed by atoms with E-state index in [1.165, 1.54) is 7.11 Å².